The fourth-order valence-electron chi connectivity index (χ4n) is 4.94. The summed E-state index contributed by atoms with van der Waals surface area (Å²) in [5, 5.41) is 4.19. The normalized spacial score (nSPS) is 29.0. The number of carbonyl (C=O) groups is 2. The zero-order valence-electron chi connectivity index (χ0n) is 17.5. The molecule has 0 N–H and O–H groups in total. The third-order valence-corrected chi connectivity index (χ3v) is 6.79. The first-order chi connectivity index (χ1) is 14.4. The maximum atomic E-state index is 13.5. The Morgan fingerprint density at radius 2 is 2.17 bits per heavy atom. The number of rotatable bonds is 5. The number of hydrogen-bond donors (Lipinski definition) is 0. The van der Waals surface area contributed by atoms with Gasteiger partial charge in [0.05, 0.1) is 31.0 Å². The van der Waals surface area contributed by atoms with Crippen molar-refractivity contribution in [2.75, 3.05) is 25.0 Å². The molecule has 156 valence electrons. The van der Waals surface area contributed by atoms with Gasteiger partial charge in [-0.3, -0.25) is 14.3 Å². The molecule has 3 aliphatic rings. The van der Waals surface area contributed by atoms with E-state index in [4.69, 9.17) is 4.74 Å². The van der Waals surface area contributed by atoms with Crippen molar-refractivity contribution in [2.45, 2.75) is 32.1 Å². The Bertz CT molecular complexity index is 1030. The largest absolute Gasteiger partial charge is 0.360 e. The summed E-state index contributed by atoms with van der Waals surface area (Å²) in [6.45, 7) is 5.69. The highest BCUT2D eigenvalue weighted by Gasteiger charge is 2.67. The van der Waals surface area contributed by atoms with Crippen molar-refractivity contribution in [1.82, 2.24) is 14.7 Å². The lowest BCUT2D eigenvalue weighted by atomic mass is 9.76. The van der Waals surface area contributed by atoms with Gasteiger partial charge in [0.15, 0.2) is 0 Å². The van der Waals surface area contributed by atoms with E-state index in [9.17, 15) is 9.59 Å². The summed E-state index contributed by atoms with van der Waals surface area (Å²) in [4.78, 5) is 30.3. The van der Waals surface area contributed by atoms with Crippen molar-refractivity contribution in [1.29, 1.82) is 0 Å². The van der Waals surface area contributed by atoms with Crippen molar-refractivity contribution in [3.8, 4) is 0 Å². The minimum absolute atomic E-state index is 0.0241. The first-order valence-corrected chi connectivity index (χ1v) is 10.4. The Balaban J connectivity index is 1.38. The van der Waals surface area contributed by atoms with Crippen LogP contribution in [0.2, 0.25) is 0 Å². The van der Waals surface area contributed by atoms with Gasteiger partial charge in [-0.2, -0.15) is 5.10 Å². The second kappa shape index (κ2) is 6.80. The number of amides is 2. The monoisotopic (exact) mass is 406 g/mol. The molecular formula is C23H26N4O3. The van der Waals surface area contributed by atoms with E-state index in [-0.39, 0.29) is 17.9 Å². The Morgan fingerprint density at radius 3 is 2.90 bits per heavy atom. The molecule has 2 amide bonds. The Morgan fingerprint density at radius 1 is 1.33 bits per heavy atom. The molecule has 0 aliphatic carbocycles. The van der Waals surface area contributed by atoms with E-state index < -0.39 is 17.4 Å². The van der Waals surface area contributed by atoms with E-state index in [1.807, 2.05) is 49.5 Å². The smallest absolute Gasteiger partial charge is 0.234 e. The van der Waals surface area contributed by atoms with Crippen molar-refractivity contribution >= 4 is 17.5 Å². The van der Waals surface area contributed by atoms with Crippen LogP contribution in [0, 0.1) is 25.7 Å². The molecule has 1 aromatic carbocycles. The van der Waals surface area contributed by atoms with Crippen LogP contribution >= 0.6 is 0 Å². The van der Waals surface area contributed by atoms with Crippen molar-refractivity contribution < 1.29 is 14.3 Å². The molecule has 4 heterocycles. The molecule has 2 saturated heterocycles. The molecular weight excluding hydrogens is 380 g/mol. The van der Waals surface area contributed by atoms with Crippen LogP contribution in [0.25, 0.3) is 0 Å². The summed E-state index contributed by atoms with van der Waals surface area (Å²) in [5.74, 6) is -1.03. The lowest BCUT2D eigenvalue weighted by Gasteiger charge is -2.27. The van der Waals surface area contributed by atoms with Crippen LogP contribution in [-0.4, -0.2) is 58.3 Å². The lowest BCUT2D eigenvalue weighted by Crippen LogP contribution is -2.45. The fraction of sp³-hybridized carbons (Fsp3) is 0.435. The summed E-state index contributed by atoms with van der Waals surface area (Å²) in [7, 11) is 1.79. The van der Waals surface area contributed by atoms with Crippen LogP contribution in [0.5, 0.6) is 0 Å². The zero-order valence-corrected chi connectivity index (χ0v) is 17.5. The van der Waals surface area contributed by atoms with Crippen molar-refractivity contribution in [3.63, 3.8) is 0 Å². The van der Waals surface area contributed by atoms with Crippen LogP contribution in [0.15, 0.2) is 48.8 Å². The van der Waals surface area contributed by atoms with Crippen LogP contribution in [0.4, 0.5) is 5.69 Å². The second-order valence-corrected chi connectivity index (χ2v) is 8.62. The third-order valence-electron chi connectivity index (χ3n) is 6.79. The number of carbonyl (C=O) groups excluding carboxylic acids is 2. The van der Waals surface area contributed by atoms with Gasteiger partial charge < -0.3 is 14.5 Å². The minimum atomic E-state index is -0.705. The molecule has 7 nitrogen and oxygen atoms in total. The van der Waals surface area contributed by atoms with Gasteiger partial charge in [-0.15, -0.1) is 0 Å². The highest BCUT2D eigenvalue weighted by Crippen LogP contribution is 2.53. The molecule has 3 aliphatic heterocycles. The quantitative estimate of drug-likeness (QED) is 0.712. The number of aromatic nitrogens is 2. The van der Waals surface area contributed by atoms with E-state index in [0.717, 1.165) is 11.3 Å². The molecule has 1 aromatic heterocycles. The van der Waals surface area contributed by atoms with Crippen LogP contribution < -0.4 is 4.90 Å². The molecule has 30 heavy (non-hydrogen) atoms. The Hall–Kier alpha value is -2.93. The first kappa shape index (κ1) is 19.1. The maximum Gasteiger partial charge on any atom is 0.234 e. The van der Waals surface area contributed by atoms with Gasteiger partial charge in [0.2, 0.25) is 11.8 Å². The molecule has 7 heteroatoms. The number of hydrogen-bond acceptors (Lipinski definition) is 4. The lowest BCUT2D eigenvalue weighted by molar-refractivity contribution is -0.139. The number of likely N-dealkylation sites (N-methyl/N-ethyl adjacent to an activating group) is 1. The molecule has 2 fully saturated rings. The topological polar surface area (TPSA) is 67.7 Å². The van der Waals surface area contributed by atoms with E-state index in [1.165, 1.54) is 5.56 Å². The van der Waals surface area contributed by atoms with Gasteiger partial charge in [-0.1, -0.05) is 18.2 Å². The molecule has 0 saturated carbocycles. The standard InChI is InChI=1S/C23H26N4O3/c1-15-5-6-17(13-16(15)2)27-14-23-8-7-18(30-23)19(20(23)22(27)29)21(28)25(3)11-12-26-10-4-9-24-26/h4-10,13,18-20H,11-12,14H2,1-3H3/t18-,19?,20?,23-/m1/s1. The number of benzene rings is 1. The summed E-state index contributed by atoms with van der Waals surface area (Å²) in [6, 6.07) is 7.90. The van der Waals surface area contributed by atoms with Crippen molar-refractivity contribution in [3.05, 3.63) is 59.9 Å². The number of aryl methyl sites for hydroxylation is 2. The number of anilines is 1. The van der Waals surface area contributed by atoms with E-state index in [1.54, 1.807) is 27.7 Å². The molecule has 2 unspecified atom stereocenters. The summed E-state index contributed by atoms with van der Waals surface area (Å²) < 4.78 is 8.05. The number of fused-ring (bicyclic) bond motifs is 1. The van der Waals surface area contributed by atoms with E-state index in [0.29, 0.717) is 19.6 Å². The molecule has 0 radical (unpaired) electrons. The van der Waals surface area contributed by atoms with Crippen molar-refractivity contribution in [2.24, 2.45) is 11.8 Å². The second-order valence-electron chi connectivity index (χ2n) is 8.62. The number of nitrogens with zero attached hydrogens (tertiary/aromatic N) is 4. The molecule has 4 atom stereocenters. The minimum Gasteiger partial charge on any atom is -0.360 e. The van der Waals surface area contributed by atoms with E-state index >= 15 is 0 Å². The number of ether oxygens (including phenoxy) is 1. The highest BCUT2D eigenvalue weighted by atomic mass is 16.5. The SMILES string of the molecule is Cc1ccc(N2C[C@@]34C=C[C@@H](O3)C(C(=O)N(C)CCn3cccn3)C4C2=O)cc1C. The van der Waals surface area contributed by atoms with Gasteiger partial charge in [0, 0.05) is 31.7 Å². The molecule has 5 rings (SSSR count). The Labute approximate surface area is 175 Å². The van der Waals surface area contributed by atoms with E-state index in [2.05, 4.69) is 12.0 Å². The summed E-state index contributed by atoms with van der Waals surface area (Å²) >= 11 is 0. The summed E-state index contributed by atoms with van der Waals surface area (Å²) in [5.41, 5.74) is 2.49. The van der Waals surface area contributed by atoms with Crippen LogP contribution in [-0.2, 0) is 20.9 Å². The van der Waals surface area contributed by atoms with Gasteiger partial charge >= 0.3 is 0 Å². The summed E-state index contributed by atoms with van der Waals surface area (Å²) in [6.07, 6.45) is 7.21. The van der Waals surface area contributed by atoms with Crippen LogP contribution in [0.3, 0.4) is 0 Å². The average molecular weight is 406 g/mol. The van der Waals surface area contributed by atoms with Gasteiger partial charge in [0.1, 0.15) is 5.60 Å². The third kappa shape index (κ3) is 2.80. The fourth-order valence-corrected chi connectivity index (χ4v) is 4.94. The van der Waals surface area contributed by atoms with Gasteiger partial charge in [-0.25, -0.2) is 0 Å². The molecule has 2 aromatic rings. The zero-order chi connectivity index (χ0) is 21.0. The first-order valence-electron chi connectivity index (χ1n) is 10.4. The predicted octanol–water partition coefficient (Wildman–Crippen LogP) is 1.94. The molecule has 1 spiro atoms. The van der Waals surface area contributed by atoms with Crippen LogP contribution in [0.1, 0.15) is 11.1 Å². The Kier molecular flexibility index (Phi) is 4.32. The highest BCUT2D eigenvalue weighted by molar-refractivity contribution is 6.03. The predicted molar refractivity (Wildman–Crippen MR) is 112 cm³/mol. The van der Waals surface area contributed by atoms with Gasteiger partial charge in [0.25, 0.3) is 0 Å². The molecule has 2 bridgehead atoms. The average Bonchev–Trinajstić information content (AvgIpc) is 3.50. The van der Waals surface area contributed by atoms with Gasteiger partial charge in [-0.05, 0) is 43.2 Å². The maximum absolute atomic E-state index is 13.5.